The molecular formula is C15H14F4N4O. The Balaban J connectivity index is 1.61. The lowest BCUT2D eigenvalue weighted by molar-refractivity contribution is -0.141. The number of aromatic nitrogens is 3. The van der Waals surface area contributed by atoms with E-state index < -0.39 is 23.6 Å². The molecule has 0 bridgehead atoms. The number of hydrogen-bond acceptors (Lipinski definition) is 3. The van der Waals surface area contributed by atoms with Crippen LogP contribution in [-0.2, 0) is 19.1 Å². The van der Waals surface area contributed by atoms with E-state index in [2.05, 4.69) is 15.3 Å². The highest BCUT2D eigenvalue weighted by molar-refractivity contribution is 5.94. The summed E-state index contributed by atoms with van der Waals surface area (Å²) in [6.45, 7) is 0.580. The van der Waals surface area contributed by atoms with Crippen LogP contribution < -0.4 is 5.32 Å². The van der Waals surface area contributed by atoms with Crippen LogP contribution in [0.5, 0.6) is 0 Å². The molecule has 0 fully saturated rings. The number of nitrogens with zero attached hydrogens (tertiary/aromatic N) is 3. The van der Waals surface area contributed by atoms with Gasteiger partial charge < -0.3 is 9.88 Å². The van der Waals surface area contributed by atoms with Crippen LogP contribution in [0.15, 0.2) is 24.7 Å². The first-order valence-electron chi connectivity index (χ1n) is 7.35. The molecule has 2 aromatic rings. The first-order valence-corrected chi connectivity index (χ1v) is 7.35. The van der Waals surface area contributed by atoms with Crippen molar-refractivity contribution < 1.29 is 22.4 Å². The number of carbonyl (C=O) groups is 1. The number of halogens is 4. The minimum atomic E-state index is -4.47. The molecule has 3 rings (SSSR count). The van der Waals surface area contributed by atoms with Gasteiger partial charge in [-0.25, -0.2) is 9.37 Å². The highest BCUT2D eigenvalue weighted by atomic mass is 19.4. The van der Waals surface area contributed by atoms with Gasteiger partial charge in [-0.3, -0.25) is 9.78 Å². The predicted molar refractivity (Wildman–Crippen MR) is 75.6 cm³/mol. The minimum absolute atomic E-state index is 0.0402. The lowest BCUT2D eigenvalue weighted by Gasteiger charge is -2.23. The number of amides is 1. The molecule has 9 heteroatoms. The maximum absolute atomic E-state index is 13.5. The van der Waals surface area contributed by atoms with E-state index in [0.29, 0.717) is 25.2 Å². The molecule has 0 radical (unpaired) electrons. The first kappa shape index (κ1) is 16.4. The van der Waals surface area contributed by atoms with Crippen molar-refractivity contribution in [2.24, 2.45) is 5.92 Å². The summed E-state index contributed by atoms with van der Waals surface area (Å²) < 4.78 is 53.0. The molecule has 0 aliphatic carbocycles. The third-order valence-electron chi connectivity index (χ3n) is 3.95. The van der Waals surface area contributed by atoms with E-state index in [1.54, 1.807) is 0 Å². The molecule has 128 valence electrons. The summed E-state index contributed by atoms with van der Waals surface area (Å²) in [5.41, 5.74) is -1.01. The molecular weight excluding hydrogens is 328 g/mol. The van der Waals surface area contributed by atoms with Gasteiger partial charge in [0.1, 0.15) is 5.82 Å². The molecule has 0 saturated carbocycles. The zero-order valence-corrected chi connectivity index (χ0v) is 12.5. The van der Waals surface area contributed by atoms with Crippen LogP contribution >= 0.6 is 0 Å². The van der Waals surface area contributed by atoms with Gasteiger partial charge in [0.25, 0.3) is 5.91 Å². The Hall–Kier alpha value is -2.45. The Morgan fingerprint density at radius 1 is 1.42 bits per heavy atom. The molecule has 0 spiro atoms. The Bertz CT molecular complexity index is 756. The van der Waals surface area contributed by atoms with E-state index in [1.165, 1.54) is 16.8 Å². The van der Waals surface area contributed by atoms with Crippen LogP contribution in [0.2, 0.25) is 0 Å². The van der Waals surface area contributed by atoms with Gasteiger partial charge in [-0.05, 0) is 18.4 Å². The SMILES string of the molecule is O=C(NCC1CCc2nc(C(F)(F)F)cn2C1)c1ccncc1F. The monoisotopic (exact) mass is 342 g/mol. The second-order valence-corrected chi connectivity index (χ2v) is 5.66. The number of rotatable bonds is 3. The molecule has 1 atom stereocenters. The van der Waals surface area contributed by atoms with Crippen molar-refractivity contribution in [3.63, 3.8) is 0 Å². The summed E-state index contributed by atoms with van der Waals surface area (Å²) in [5.74, 6) is -0.931. The van der Waals surface area contributed by atoms with E-state index in [0.717, 1.165) is 12.4 Å². The summed E-state index contributed by atoms with van der Waals surface area (Å²) in [5, 5.41) is 2.61. The lowest BCUT2D eigenvalue weighted by atomic mass is 9.99. The van der Waals surface area contributed by atoms with Crippen molar-refractivity contribution in [1.29, 1.82) is 0 Å². The molecule has 1 aliphatic rings. The Labute approximate surface area is 134 Å². The van der Waals surface area contributed by atoms with Crippen molar-refractivity contribution >= 4 is 5.91 Å². The second kappa shape index (κ2) is 6.21. The number of fused-ring (bicyclic) bond motifs is 1. The van der Waals surface area contributed by atoms with Gasteiger partial charge in [-0.1, -0.05) is 0 Å². The van der Waals surface area contributed by atoms with Gasteiger partial charge in [-0.15, -0.1) is 0 Å². The van der Waals surface area contributed by atoms with E-state index in [9.17, 15) is 22.4 Å². The maximum atomic E-state index is 13.5. The highest BCUT2D eigenvalue weighted by Gasteiger charge is 2.35. The van der Waals surface area contributed by atoms with E-state index in [-0.39, 0.29) is 18.0 Å². The number of aryl methyl sites for hydroxylation is 1. The third-order valence-corrected chi connectivity index (χ3v) is 3.95. The van der Waals surface area contributed by atoms with Crippen molar-refractivity contribution in [2.45, 2.75) is 25.6 Å². The average Bonchev–Trinajstić information content (AvgIpc) is 2.96. The summed E-state index contributed by atoms with van der Waals surface area (Å²) in [6.07, 6.45) is -0.201. The number of alkyl halides is 3. The quantitative estimate of drug-likeness (QED) is 0.872. The normalized spacial score (nSPS) is 17.4. The Morgan fingerprint density at radius 3 is 2.92 bits per heavy atom. The fourth-order valence-electron chi connectivity index (χ4n) is 2.71. The van der Waals surface area contributed by atoms with Gasteiger partial charge in [0.2, 0.25) is 0 Å². The summed E-state index contributed by atoms with van der Waals surface area (Å²) in [7, 11) is 0. The first-order chi connectivity index (χ1) is 11.3. The van der Waals surface area contributed by atoms with Gasteiger partial charge in [0, 0.05) is 31.9 Å². The van der Waals surface area contributed by atoms with Crippen LogP contribution in [0.25, 0.3) is 0 Å². The molecule has 2 aromatic heterocycles. The fraction of sp³-hybridized carbons (Fsp3) is 0.400. The van der Waals surface area contributed by atoms with Crippen LogP contribution in [-0.4, -0.2) is 27.0 Å². The number of nitrogens with one attached hydrogen (secondary N) is 1. The molecule has 0 aromatic carbocycles. The Morgan fingerprint density at radius 2 is 2.21 bits per heavy atom. The molecule has 0 saturated heterocycles. The topological polar surface area (TPSA) is 59.8 Å². The van der Waals surface area contributed by atoms with E-state index >= 15 is 0 Å². The fourth-order valence-corrected chi connectivity index (χ4v) is 2.71. The number of imidazole rings is 1. The number of pyridine rings is 1. The van der Waals surface area contributed by atoms with Gasteiger partial charge in [-0.2, -0.15) is 13.2 Å². The van der Waals surface area contributed by atoms with Crippen LogP contribution in [0.3, 0.4) is 0 Å². The minimum Gasteiger partial charge on any atom is -0.352 e. The smallest absolute Gasteiger partial charge is 0.352 e. The summed E-state index contributed by atoms with van der Waals surface area (Å²) in [6, 6.07) is 1.27. The van der Waals surface area contributed by atoms with E-state index in [4.69, 9.17) is 0 Å². The number of hydrogen-bond donors (Lipinski definition) is 1. The van der Waals surface area contributed by atoms with Crippen molar-refractivity contribution in [3.8, 4) is 0 Å². The zero-order valence-electron chi connectivity index (χ0n) is 12.5. The molecule has 1 N–H and O–H groups in total. The third kappa shape index (κ3) is 3.39. The van der Waals surface area contributed by atoms with Crippen molar-refractivity contribution in [1.82, 2.24) is 19.9 Å². The van der Waals surface area contributed by atoms with Crippen molar-refractivity contribution in [2.75, 3.05) is 6.54 Å². The molecule has 1 amide bonds. The van der Waals surface area contributed by atoms with Crippen LogP contribution in [0, 0.1) is 11.7 Å². The molecule has 1 unspecified atom stereocenters. The largest absolute Gasteiger partial charge is 0.434 e. The predicted octanol–water partition coefficient (Wildman–Crippen LogP) is 2.43. The molecule has 3 heterocycles. The average molecular weight is 342 g/mol. The van der Waals surface area contributed by atoms with Gasteiger partial charge in [0.05, 0.1) is 11.8 Å². The number of carbonyl (C=O) groups excluding carboxylic acids is 1. The maximum Gasteiger partial charge on any atom is 0.434 e. The molecule has 5 nitrogen and oxygen atoms in total. The lowest BCUT2D eigenvalue weighted by Crippen LogP contribution is -2.34. The highest BCUT2D eigenvalue weighted by Crippen LogP contribution is 2.30. The summed E-state index contributed by atoms with van der Waals surface area (Å²) in [4.78, 5) is 19.1. The summed E-state index contributed by atoms with van der Waals surface area (Å²) >= 11 is 0. The van der Waals surface area contributed by atoms with Gasteiger partial charge in [0.15, 0.2) is 11.5 Å². The zero-order chi connectivity index (χ0) is 17.3. The second-order valence-electron chi connectivity index (χ2n) is 5.66. The van der Waals surface area contributed by atoms with Crippen LogP contribution in [0.4, 0.5) is 17.6 Å². The van der Waals surface area contributed by atoms with Gasteiger partial charge >= 0.3 is 6.18 Å². The molecule has 1 aliphatic heterocycles. The molecule has 24 heavy (non-hydrogen) atoms. The van der Waals surface area contributed by atoms with E-state index in [1.807, 2.05) is 0 Å². The van der Waals surface area contributed by atoms with Crippen molar-refractivity contribution in [3.05, 3.63) is 47.6 Å². The van der Waals surface area contributed by atoms with Crippen LogP contribution in [0.1, 0.15) is 28.3 Å². The Kier molecular flexibility index (Phi) is 4.25. The standard InChI is InChI=1S/C15H14F4N4O/c16-11-6-20-4-3-10(11)14(24)21-5-9-1-2-13-22-12(15(17,18)19)8-23(13)7-9/h3-4,6,8-9H,1-2,5,7H2,(H,21,24).